The number of aliphatic hydroxyl groups is 1. The fourth-order valence-electron chi connectivity index (χ4n) is 3.40. The molecule has 1 aliphatic rings. The molecule has 1 unspecified atom stereocenters. The molecule has 6 heteroatoms. The van der Waals surface area contributed by atoms with Crippen LogP contribution in [0.2, 0.25) is 0 Å². The van der Waals surface area contributed by atoms with Gasteiger partial charge in [-0.15, -0.1) is 0 Å². The number of hydrogen-bond acceptors (Lipinski definition) is 5. The van der Waals surface area contributed by atoms with Gasteiger partial charge in [0.2, 0.25) is 5.91 Å². The molecular weight excluding hydrogens is 364 g/mol. The van der Waals surface area contributed by atoms with Gasteiger partial charge < -0.3 is 15.3 Å². The van der Waals surface area contributed by atoms with E-state index < -0.39 is 5.72 Å². The smallest absolute Gasteiger partial charge is 0.249 e. The van der Waals surface area contributed by atoms with Gasteiger partial charge in [-0.25, -0.2) is 0 Å². The maximum atomic E-state index is 12.4. The van der Waals surface area contributed by atoms with Crippen molar-refractivity contribution in [1.82, 2.24) is 5.32 Å². The fourth-order valence-corrected chi connectivity index (χ4v) is 3.40. The molecule has 0 saturated carbocycles. The van der Waals surface area contributed by atoms with Crippen molar-refractivity contribution in [3.63, 3.8) is 0 Å². The predicted octanol–water partition coefficient (Wildman–Crippen LogP) is 3.07. The molecule has 0 bridgehead atoms. The first kappa shape index (κ1) is 20.1. The number of carbonyl (C=O) groups excluding carboxylic acids is 1. The highest BCUT2D eigenvalue weighted by atomic mass is 16.3. The van der Waals surface area contributed by atoms with E-state index in [1.807, 2.05) is 47.4 Å². The third-order valence-electron chi connectivity index (χ3n) is 4.90. The lowest BCUT2D eigenvalue weighted by Gasteiger charge is -2.22. The van der Waals surface area contributed by atoms with E-state index in [9.17, 15) is 9.90 Å². The summed E-state index contributed by atoms with van der Waals surface area (Å²) in [6, 6.07) is 20.9. The van der Waals surface area contributed by atoms with Crippen LogP contribution >= 0.6 is 0 Å². The first-order valence-corrected chi connectivity index (χ1v) is 9.45. The third-order valence-corrected chi connectivity index (χ3v) is 4.90. The van der Waals surface area contributed by atoms with Crippen LogP contribution in [0.4, 0.5) is 5.69 Å². The number of hydrogen-bond donors (Lipinski definition) is 2. The Morgan fingerprint density at radius 3 is 2.24 bits per heavy atom. The third kappa shape index (κ3) is 4.82. The highest BCUT2D eigenvalue weighted by Gasteiger charge is 2.40. The molecule has 29 heavy (non-hydrogen) atoms. The van der Waals surface area contributed by atoms with Crippen molar-refractivity contribution in [3.8, 4) is 12.1 Å². The van der Waals surface area contributed by atoms with E-state index in [1.165, 1.54) is 0 Å². The molecule has 2 aromatic carbocycles. The molecule has 2 N–H and O–H groups in total. The Morgan fingerprint density at radius 2 is 1.66 bits per heavy atom. The summed E-state index contributed by atoms with van der Waals surface area (Å²) in [6.07, 6.45) is 2.73. The van der Waals surface area contributed by atoms with E-state index in [-0.39, 0.29) is 12.3 Å². The molecule has 3 rings (SSSR count). The predicted molar refractivity (Wildman–Crippen MR) is 110 cm³/mol. The SMILES string of the molecule is N#CCCN(CCC#N)c1ccc(/C=C2/CC(O)(c3ccccc3)NC2=O)cc1. The molecule has 1 saturated heterocycles. The maximum absolute atomic E-state index is 12.4. The molecule has 6 nitrogen and oxygen atoms in total. The Labute approximate surface area is 170 Å². The molecule has 1 fully saturated rings. The van der Waals surface area contributed by atoms with Gasteiger partial charge in [-0.3, -0.25) is 4.79 Å². The number of nitriles is 2. The molecule has 1 amide bonds. The van der Waals surface area contributed by atoms with Crippen LogP contribution in [0.15, 0.2) is 60.2 Å². The number of amides is 1. The number of anilines is 1. The van der Waals surface area contributed by atoms with Gasteiger partial charge in [-0.1, -0.05) is 42.5 Å². The quantitative estimate of drug-likeness (QED) is 0.713. The van der Waals surface area contributed by atoms with Crippen LogP contribution in [0.25, 0.3) is 6.08 Å². The van der Waals surface area contributed by atoms with E-state index in [0.29, 0.717) is 37.1 Å². The van der Waals surface area contributed by atoms with E-state index in [4.69, 9.17) is 10.5 Å². The van der Waals surface area contributed by atoms with Crippen LogP contribution < -0.4 is 10.2 Å². The molecule has 146 valence electrons. The van der Waals surface area contributed by atoms with Gasteiger partial charge >= 0.3 is 0 Å². The fraction of sp³-hybridized carbons (Fsp3) is 0.261. The monoisotopic (exact) mass is 386 g/mol. The Kier molecular flexibility index (Phi) is 6.29. The summed E-state index contributed by atoms with van der Waals surface area (Å²) in [5, 5.41) is 31.2. The topological polar surface area (TPSA) is 100 Å². The second-order valence-corrected chi connectivity index (χ2v) is 6.92. The summed E-state index contributed by atoms with van der Waals surface area (Å²) < 4.78 is 0. The maximum Gasteiger partial charge on any atom is 0.249 e. The van der Waals surface area contributed by atoms with Gasteiger partial charge in [0.05, 0.1) is 25.0 Å². The zero-order valence-electron chi connectivity index (χ0n) is 16.0. The van der Waals surface area contributed by atoms with Crippen molar-refractivity contribution in [2.45, 2.75) is 25.0 Å². The second-order valence-electron chi connectivity index (χ2n) is 6.92. The lowest BCUT2D eigenvalue weighted by atomic mass is 9.98. The van der Waals surface area contributed by atoms with Crippen LogP contribution in [-0.2, 0) is 10.5 Å². The van der Waals surface area contributed by atoms with Crippen molar-refractivity contribution in [3.05, 3.63) is 71.3 Å². The molecule has 0 radical (unpaired) electrons. The molecular formula is C23H22N4O2. The Balaban J connectivity index is 1.76. The molecule has 1 aliphatic heterocycles. The lowest BCUT2D eigenvalue weighted by Crippen LogP contribution is -2.38. The number of nitrogens with one attached hydrogen (secondary N) is 1. The minimum absolute atomic E-state index is 0.189. The average molecular weight is 386 g/mol. The molecule has 0 aliphatic carbocycles. The van der Waals surface area contributed by atoms with Crippen molar-refractivity contribution < 1.29 is 9.90 Å². The van der Waals surface area contributed by atoms with E-state index >= 15 is 0 Å². The zero-order chi connectivity index (χ0) is 20.7. The van der Waals surface area contributed by atoms with E-state index in [0.717, 1.165) is 11.3 Å². The lowest BCUT2D eigenvalue weighted by molar-refractivity contribution is -0.120. The van der Waals surface area contributed by atoms with Gasteiger partial charge in [-0.05, 0) is 23.8 Å². The summed E-state index contributed by atoms with van der Waals surface area (Å²) in [6.45, 7) is 1.12. The van der Waals surface area contributed by atoms with Crippen LogP contribution in [0.1, 0.15) is 30.4 Å². The Morgan fingerprint density at radius 1 is 1.03 bits per heavy atom. The number of benzene rings is 2. The minimum atomic E-state index is -1.39. The van der Waals surface area contributed by atoms with E-state index in [2.05, 4.69) is 17.5 Å². The van der Waals surface area contributed by atoms with E-state index in [1.54, 1.807) is 18.2 Å². The second kappa shape index (κ2) is 9.05. The normalized spacial score (nSPS) is 19.4. The van der Waals surface area contributed by atoms with Crippen LogP contribution in [0.3, 0.4) is 0 Å². The summed E-state index contributed by atoms with van der Waals surface area (Å²) in [5.41, 5.74) is 1.54. The molecule has 1 atom stereocenters. The summed E-state index contributed by atoms with van der Waals surface area (Å²) in [4.78, 5) is 14.4. The van der Waals surface area contributed by atoms with Gasteiger partial charge in [0.25, 0.3) is 0 Å². The first-order valence-electron chi connectivity index (χ1n) is 9.45. The van der Waals surface area contributed by atoms with Gasteiger partial charge in [0, 0.05) is 36.3 Å². The number of rotatable bonds is 7. The summed E-state index contributed by atoms with van der Waals surface area (Å²) in [5.74, 6) is -0.287. The van der Waals surface area contributed by atoms with Gasteiger partial charge in [0.15, 0.2) is 5.72 Å². The minimum Gasteiger partial charge on any atom is -0.369 e. The van der Waals surface area contributed by atoms with Crippen molar-refractivity contribution in [1.29, 1.82) is 10.5 Å². The number of nitrogens with zero attached hydrogens (tertiary/aromatic N) is 3. The highest BCUT2D eigenvalue weighted by Crippen LogP contribution is 2.33. The average Bonchev–Trinajstić information content (AvgIpc) is 3.04. The highest BCUT2D eigenvalue weighted by molar-refractivity contribution is 6.00. The molecule has 0 aromatic heterocycles. The number of carbonyl (C=O) groups is 1. The van der Waals surface area contributed by atoms with Crippen LogP contribution in [0, 0.1) is 22.7 Å². The standard InChI is InChI=1S/C23H22N4O2/c24-12-4-14-27(15-5-13-25)21-10-8-18(9-11-21)16-19-17-23(29,26-22(19)28)20-6-2-1-3-7-20/h1-3,6-11,16,29H,4-5,14-15,17H2,(H,26,28)/b19-16-. The van der Waals surface area contributed by atoms with Crippen LogP contribution in [-0.4, -0.2) is 24.1 Å². The van der Waals surface area contributed by atoms with Crippen molar-refractivity contribution in [2.75, 3.05) is 18.0 Å². The largest absolute Gasteiger partial charge is 0.369 e. The van der Waals surface area contributed by atoms with Gasteiger partial charge in [-0.2, -0.15) is 10.5 Å². The molecule has 2 aromatic rings. The Hall–Kier alpha value is -3.61. The molecule has 1 heterocycles. The summed E-state index contributed by atoms with van der Waals surface area (Å²) in [7, 11) is 0. The van der Waals surface area contributed by atoms with Gasteiger partial charge in [0.1, 0.15) is 0 Å². The van der Waals surface area contributed by atoms with Crippen molar-refractivity contribution >= 4 is 17.7 Å². The Bertz CT molecular complexity index is 953. The first-order chi connectivity index (χ1) is 14.1. The molecule has 0 spiro atoms. The van der Waals surface area contributed by atoms with Crippen molar-refractivity contribution in [2.24, 2.45) is 0 Å². The summed E-state index contributed by atoms with van der Waals surface area (Å²) >= 11 is 0. The van der Waals surface area contributed by atoms with Crippen LogP contribution in [0.5, 0.6) is 0 Å². The zero-order valence-corrected chi connectivity index (χ0v) is 16.0.